The lowest BCUT2D eigenvalue weighted by Gasteiger charge is -2.06. The van der Waals surface area contributed by atoms with Crippen molar-refractivity contribution in [1.82, 2.24) is 5.32 Å². The summed E-state index contributed by atoms with van der Waals surface area (Å²) < 4.78 is 12.9. The van der Waals surface area contributed by atoms with Crippen molar-refractivity contribution >= 4 is 28.8 Å². The number of carbonyl (C=O) groups excluding carboxylic acids is 2. The van der Waals surface area contributed by atoms with Crippen LogP contribution in [0, 0.1) is 5.82 Å². The summed E-state index contributed by atoms with van der Waals surface area (Å²) in [6.45, 7) is 0.234. The molecular weight excluding hydrogens is 279 g/mol. The molecule has 0 saturated carbocycles. The van der Waals surface area contributed by atoms with Gasteiger partial charge in [-0.3, -0.25) is 9.59 Å². The molecule has 2 aromatic rings. The minimum atomic E-state index is -0.409. The van der Waals surface area contributed by atoms with Crippen molar-refractivity contribution < 1.29 is 14.0 Å². The van der Waals surface area contributed by atoms with Crippen LogP contribution in [-0.2, 0) is 4.79 Å². The van der Waals surface area contributed by atoms with Gasteiger partial charge in [0, 0.05) is 18.7 Å². The van der Waals surface area contributed by atoms with Crippen LogP contribution in [0.2, 0.25) is 0 Å². The van der Waals surface area contributed by atoms with E-state index in [2.05, 4.69) is 10.6 Å². The van der Waals surface area contributed by atoms with Gasteiger partial charge in [0.25, 0.3) is 5.91 Å². The van der Waals surface area contributed by atoms with E-state index in [1.807, 2.05) is 5.38 Å². The molecule has 20 heavy (non-hydrogen) atoms. The molecule has 4 nitrogen and oxygen atoms in total. The summed E-state index contributed by atoms with van der Waals surface area (Å²) in [7, 11) is 0. The summed E-state index contributed by atoms with van der Waals surface area (Å²) >= 11 is 1.34. The van der Waals surface area contributed by atoms with Gasteiger partial charge in [-0.25, -0.2) is 4.39 Å². The van der Waals surface area contributed by atoms with Gasteiger partial charge in [0.2, 0.25) is 5.91 Å². The maximum Gasteiger partial charge on any atom is 0.261 e. The molecule has 6 heteroatoms. The van der Waals surface area contributed by atoms with Crippen molar-refractivity contribution in [3.63, 3.8) is 0 Å². The van der Waals surface area contributed by atoms with Gasteiger partial charge in [0.15, 0.2) is 0 Å². The second kappa shape index (κ2) is 6.81. The van der Waals surface area contributed by atoms with E-state index < -0.39 is 5.82 Å². The van der Waals surface area contributed by atoms with Crippen molar-refractivity contribution in [3.05, 3.63) is 52.5 Å². The molecule has 0 spiro atoms. The van der Waals surface area contributed by atoms with Crippen molar-refractivity contribution in [2.45, 2.75) is 6.42 Å². The zero-order chi connectivity index (χ0) is 14.4. The van der Waals surface area contributed by atoms with E-state index in [0.717, 1.165) is 0 Å². The van der Waals surface area contributed by atoms with E-state index in [0.29, 0.717) is 10.6 Å². The van der Waals surface area contributed by atoms with Gasteiger partial charge in [-0.05, 0) is 29.6 Å². The van der Waals surface area contributed by atoms with Gasteiger partial charge in [-0.15, -0.1) is 11.3 Å². The second-order valence-corrected chi connectivity index (χ2v) is 4.99. The molecule has 0 unspecified atom stereocenters. The predicted octanol–water partition coefficient (Wildman–Crippen LogP) is 2.65. The summed E-state index contributed by atoms with van der Waals surface area (Å²) in [6.07, 6.45) is 0.133. The number of halogens is 1. The minimum absolute atomic E-state index is 0.133. The van der Waals surface area contributed by atoms with Gasteiger partial charge in [-0.1, -0.05) is 12.1 Å². The van der Waals surface area contributed by atoms with Crippen molar-refractivity contribution in [3.8, 4) is 0 Å². The summed E-state index contributed by atoms with van der Waals surface area (Å²) in [5.41, 5.74) is 0.402. The molecule has 0 atom stereocenters. The number of benzene rings is 1. The number of rotatable bonds is 5. The minimum Gasteiger partial charge on any atom is -0.351 e. The number of nitrogens with one attached hydrogen (secondary N) is 2. The van der Waals surface area contributed by atoms with Crippen LogP contribution < -0.4 is 10.6 Å². The standard InChI is InChI=1S/C14H13FN2O2S/c15-10-3-1-4-11(9-10)17-13(18)6-7-16-14(19)12-5-2-8-20-12/h1-5,8-9H,6-7H2,(H,16,19)(H,17,18). The fourth-order valence-electron chi connectivity index (χ4n) is 1.57. The molecule has 2 rings (SSSR count). The molecule has 0 aliphatic heterocycles. The number of amides is 2. The lowest BCUT2D eigenvalue weighted by Crippen LogP contribution is -2.27. The van der Waals surface area contributed by atoms with E-state index in [4.69, 9.17) is 0 Å². The Morgan fingerprint density at radius 2 is 2.05 bits per heavy atom. The van der Waals surface area contributed by atoms with Gasteiger partial charge in [0.05, 0.1) is 4.88 Å². The largest absolute Gasteiger partial charge is 0.351 e. The molecule has 0 radical (unpaired) electrons. The molecular formula is C14H13FN2O2S. The molecule has 0 aliphatic carbocycles. The Bertz CT molecular complexity index is 599. The van der Waals surface area contributed by atoms with Crippen molar-refractivity contribution in [2.75, 3.05) is 11.9 Å². The molecule has 2 amide bonds. The molecule has 0 aliphatic rings. The molecule has 0 saturated heterocycles. The smallest absolute Gasteiger partial charge is 0.261 e. The lowest BCUT2D eigenvalue weighted by atomic mass is 10.3. The fraction of sp³-hybridized carbons (Fsp3) is 0.143. The molecule has 1 aromatic heterocycles. The van der Waals surface area contributed by atoms with Crippen LogP contribution in [0.15, 0.2) is 41.8 Å². The number of anilines is 1. The summed E-state index contributed by atoms with van der Waals surface area (Å²) in [6, 6.07) is 9.16. The third-order valence-electron chi connectivity index (χ3n) is 2.49. The van der Waals surface area contributed by atoms with Gasteiger partial charge in [-0.2, -0.15) is 0 Å². The number of thiophene rings is 1. The molecule has 1 aromatic carbocycles. The fourth-order valence-corrected chi connectivity index (χ4v) is 2.21. The van der Waals surface area contributed by atoms with Crippen LogP contribution in [0.4, 0.5) is 10.1 Å². The Morgan fingerprint density at radius 3 is 2.75 bits per heavy atom. The summed E-state index contributed by atoms with van der Waals surface area (Å²) in [5, 5.41) is 7.02. The highest BCUT2D eigenvalue weighted by molar-refractivity contribution is 7.12. The molecule has 1 heterocycles. The first kappa shape index (κ1) is 14.2. The van der Waals surface area contributed by atoms with Gasteiger partial charge >= 0.3 is 0 Å². The maximum absolute atomic E-state index is 12.9. The monoisotopic (exact) mass is 292 g/mol. The normalized spacial score (nSPS) is 10.1. The Labute approximate surface area is 119 Å². The highest BCUT2D eigenvalue weighted by Crippen LogP contribution is 2.09. The maximum atomic E-state index is 12.9. The van der Waals surface area contributed by atoms with Crippen LogP contribution in [0.3, 0.4) is 0 Å². The first-order valence-electron chi connectivity index (χ1n) is 6.02. The van der Waals surface area contributed by atoms with Gasteiger partial charge < -0.3 is 10.6 Å². The van der Waals surface area contributed by atoms with Crippen LogP contribution in [-0.4, -0.2) is 18.4 Å². The summed E-state index contributed by atoms with van der Waals surface area (Å²) in [5.74, 6) is -0.880. The topological polar surface area (TPSA) is 58.2 Å². The highest BCUT2D eigenvalue weighted by atomic mass is 32.1. The number of hydrogen-bond donors (Lipinski definition) is 2. The van der Waals surface area contributed by atoms with Crippen molar-refractivity contribution in [1.29, 1.82) is 0 Å². The Hall–Kier alpha value is -2.21. The van der Waals surface area contributed by atoms with Crippen LogP contribution in [0.5, 0.6) is 0 Å². The Balaban J connectivity index is 1.74. The van der Waals surface area contributed by atoms with Crippen LogP contribution in [0.25, 0.3) is 0 Å². The first-order chi connectivity index (χ1) is 9.65. The van der Waals surface area contributed by atoms with Crippen molar-refractivity contribution in [2.24, 2.45) is 0 Å². The second-order valence-electron chi connectivity index (χ2n) is 4.04. The SMILES string of the molecule is O=C(CCNC(=O)c1cccs1)Nc1cccc(F)c1. The van der Waals surface area contributed by atoms with E-state index in [9.17, 15) is 14.0 Å². The first-order valence-corrected chi connectivity index (χ1v) is 6.90. The van der Waals surface area contributed by atoms with E-state index in [-0.39, 0.29) is 24.8 Å². The van der Waals surface area contributed by atoms with Gasteiger partial charge in [0.1, 0.15) is 5.82 Å². The predicted molar refractivity (Wildman–Crippen MR) is 76.3 cm³/mol. The van der Waals surface area contributed by atoms with E-state index in [1.54, 1.807) is 18.2 Å². The number of carbonyl (C=O) groups is 2. The lowest BCUT2D eigenvalue weighted by molar-refractivity contribution is -0.116. The third kappa shape index (κ3) is 4.17. The van der Waals surface area contributed by atoms with E-state index >= 15 is 0 Å². The molecule has 0 bridgehead atoms. The van der Waals surface area contributed by atoms with Crippen LogP contribution >= 0.6 is 11.3 Å². The molecule has 104 valence electrons. The molecule has 0 fully saturated rings. The number of hydrogen-bond acceptors (Lipinski definition) is 3. The van der Waals surface area contributed by atoms with E-state index in [1.165, 1.54) is 29.5 Å². The zero-order valence-electron chi connectivity index (χ0n) is 10.6. The Morgan fingerprint density at radius 1 is 1.20 bits per heavy atom. The molecule has 2 N–H and O–H groups in total. The average Bonchev–Trinajstić information content (AvgIpc) is 2.92. The summed E-state index contributed by atoms with van der Waals surface area (Å²) in [4.78, 5) is 23.8. The highest BCUT2D eigenvalue weighted by Gasteiger charge is 2.07. The Kier molecular flexibility index (Phi) is 4.84. The van der Waals surface area contributed by atoms with Crippen LogP contribution in [0.1, 0.15) is 16.1 Å². The average molecular weight is 292 g/mol. The zero-order valence-corrected chi connectivity index (χ0v) is 11.4. The third-order valence-corrected chi connectivity index (χ3v) is 3.36. The quantitative estimate of drug-likeness (QED) is 0.890.